The molecule has 0 saturated carbocycles. The van der Waals surface area contributed by atoms with Crippen molar-refractivity contribution in [3.63, 3.8) is 0 Å². The van der Waals surface area contributed by atoms with Crippen LogP contribution >= 0.6 is 0 Å². The molecule has 4 aromatic carbocycles. The fraction of sp³-hybridized carbons (Fsp3) is 0.440. The molecule has 4 aliphatic rings. The highest BCUT2D eigenvalue weighted by molar-refractivity contribution is 6.06. The molecular weight excluding hydrogens is 841 g/mol. The Morgan fingerprint density at radius 1 is 0.636 bits per heavy atom. The van der Waals surface area contributed by atoms with Gasteiger partial charge in [-0.05, 0) is 115 Å². The first-order chi connectivity index (χ1) is 32.3. The van der Waals surface area contributed by atoms with Crippen LogP contribution in [0.2, 0.25) is 0 Å². The largest absolute Gasteiger partial charge is 0.453 e. The minimum Gasteiger partial charge on any atom is -0.453 e. The molecule has 4 aliphatic heterocycles. The molecule has 66 heavy (non-hydrogen) atoms. The maximum Gasteiger partial charge on any atom is 0.407 e. The van der Waals surface area contributed by atoms with Crippen LogP contribution in [-0.2, 0) is 28.5 Å². The zero-order valence-electron chi connectivity index (χ0n) is 37.3. The van der Waals surface area contributed by atoms with Gasteiger partial charge in [-0.2, -0.15) is 0 Å². The molecule has 4 atom stereocenters. The summed E-state index contributed by atoms with van der Waals surface area (Å²) in [4.78, 5) is 73.6. The summed E-state index contributed by atoms with van der Waals surface area (Å²) in [5.41, 5.74) is 5.81. The monoisotopic (exact) mass is 896 g/mol. The van der Waals surface area contributed by atoms with Gasteiger partial charge in [0.2, 0.25) is 11.8 Å². The Labute approximate surface area is 382 Å². The number of amides is 4. The third kappa shape index (κ3) is 8.55. The summed E-state index contributed by atoms with van der Waals surface area (Å²) in [6.45, 7) is 3.41. The summed E-state index contributed by atoms with van der Waals surface area (Å²) in [7, 11) is 2.63. The fourth-order valence-electron chi connectivity index (χ4n) is 10.6. The van der Waals surface area contributed by atoms with Gasteiger partial charge in [-0.3, -0.25) is 9.59 Å². The second kappa shape index (κ2) is 18.8. The highest BCUT2D eigenvalue weighted by Gasteiger charge is 2.42. The van der Waals surface area contributed by atoms with Crippen LogP contribution < -0.4 is 10.6 Å². The quantitative estimate of drug-likeness (QED) is 0.107. The lowest BCUT2D eigenvalue weighted by molar-refractivity contribution is -0.137. The molecule has 6 aromatic rings. The summed E-state index contributed by atoms with van der Waals surface area (Å²) >= 11 is 0. The number of nitrogens with zero attached hydrogens (tertiary/aromatic N) is 4. The lowest BCUT2D eigenvalue weighted by Crippen LogP contribution is -2.53. The number of carbonyl (C=O) groups excluding carboxylic acids is 4. The lowest BCUT2D eigenvalue weighted by atomic mass is 9.90. The van der Waals surface area contributed by atoms with E-state index in [0.717, 1.165) is 92.3 Å². The third-order valence-electron chi connectivity index (χ3n) is 14.2. The van der Waals surface area contributed by atoms with E-state index in [9.17, 15) is 19.2 Å². The molecule has 4 amide bonds. The van der Waals surface area contributed by atoms with Crippen molar-refractivity contribution in [2.75, 3.05) is 53.7 Å². The number of rotatable bonds is 10. The van der Waals surface area contributed by atoms with Gasteiger partial charge in [-0.25, -0.2) is 19.6 Å². The summed E-state index contributed by atoms with van der Waals surface area (Å²) in [5, 5.41) is 9.93. The summed E-state index contributed by atoms with van der Waals surface area (Å²) < 4.78 is 20.9. The zero-order chi connectivity index (χ0) is 45.3. The molecule has 0 unspecified atom stereocenters. The molecule has 16 nitrogen and oxygen atoms in total. The first-order valence-electron chi connectivity index (χ1n) is 23.2. The van der Waals surface area contributed by atoms with Crippen LogP contribution in [-0.4, -0.2) is 120 Å². The normalized spacial score (nSPS) is 20.5. The van der Waals surface area contributed by atoms with Crippen molar-refractivity contribution in [2.45, 2.75) is 75.5 Å². The number of benzene rings is 4. The topological polar surface area (TPSA) is 193 Å². The standard InChI is InChI=1S/C50H56N8O8/c1-63-49(61)55-42(29-15-21-65-22-16-29)47(59)57-19-3-5-40(57)45-51-28-39(53-45)36-10-9-32-25-31(7-8-33(32)27-36)34-11-13-37-35(26-34)12-14-38-44(37)54-46(52-38)41-6-4-20-58(41)48(60)43(56-50(62)64-2)30-17-23-66-24-18-30/h7-14,25-30,40-43H,3-6,15-24H2,1-2H3,(H,51,53)(H,52,54)(H,55,61)(H,56,62)/t40-,41-,42-,43-/m0/s1. The predicted octanol–water partition coefficient (Wildman–Crippen LogP) is 7.56. The van der Waals surface area contributed by atoms with Crippen LogP contribution in [0.5, 0.6) is 0 Å². The van der Waals surface area contributed by atoms with Crippen LogP contribution in [0, 0.1) is 11.8 Å². The summed E-state index contributed by atoms with van der Waals surface area (Å²) in [6.07, 6.45) is 6.61. The Balaban J connectivity index is 0.851. The van der Waals surface area contributed by atoms with Gasteiger partial charge in [0.15, 0.2) is 0 Å². The van der Waals surface area contributed by atoms with Gasteiger partial charge in [0.1, 0.15) is 23.7 Å². The van der Waals surface area contributed by atoms with Crippen molar-refractivity contribution >= 4 is 56.6 Å². The first kappa shape index (κ1) is 43.4. The maximum absolute atomic E-state index is 14.1. The van der Waals surface area contributed by atoms with Crippen LogP contribution in [0.4, 0.5) is 9.59 Å². The number of alkyl carbamates (subject to hydrolysis) is 2. The van der Waals surface area contributed by atoms with Crippen molar-refractivity contribution in [1.29, 1.82) is 0 Å². The molecule has 0 aliphatic carbocycles. The van der Waals surface area contributed by atoms with Gasteiger partial charge < -0.3 is 49.3 Å². The Hall–Kier alpha value is -6.52. The number of hydrogen-bond donors (Lipinski definition) is 4. The van der Waals surface area contributed by atoms with E-state index in [4.69, 9.17) is 28.9 Å². The number of H-pyrrole nitrogens is 2. The number of ether oxygens (including phenoxy) is 4. The van der Waals surface area contributed by atoms with E-state index < -0.39 is 24.3 Å². The first-order valence-corrected chi connectivity index (χ1v) is 23.2. The average Bonchev–Trinajstić information content (AvgIpc) is 4.21. The van der Waals surface area contributed by atoms with Gasteiger partial charge >= 0.3 is 12.2 Å². The van der Waals surface area contributed by atoms with Gasteiger partial charge in [-0.1, -0.05) is 42.5 Å². The van der Waals surface area contributed by atoms with Crippen molar-refractivity contribution < 1.29 is 38.1 Å². The number of methoxy groups -OCH3 is 2. The van der Waals surface area contributed by atoms with Crippen LogP contribution in [0.3, 0.4) is 0 Å². The molecule has 0 spiro atoms. The number of aromatic amines is 2. The Morgan fingerprint density at radius 2 is 1.15 bits per heavy atom. The van der Waals surface area contributed by atoms with E-state index in [1.54, 1.807) is 0 Å². The average molecular weight is 897 g/mol. The fourth-order valence-corrected chi connectivity index (χ4v) is 10.6. The number of nitrogens with one attached hydrogen (secondary N) is 4. The third-order valence-corrected chi connectivity index (χ3v) is 14.2. The number of hydrogen-bond acceptors (Lipinski definition) is 10. The number of fused-ring (bicyclic) bond motifs is 4. The molecule has 4 saturated heterocycles. The van der Waals surface area contributed by atoms with Gasteiger partial charge in [0.05, 0.1) is 49.2 Å². The van der Waals surface area contributed by atoms with Crippen molar-refractivity contribution in [1.82, 2.24) is 40.4 Å². The number of aromatic nitrogens is 4. The van der Waals surface area contributed by atoms with Gasteiger partial charge in [-0.15, -0.1) is 0 Å². The number of imidazole rings is 2. The van der Waals surface area contributed by atoms with Gasteiger partial charge in [0, 0.05) is 50.5 Å². The molecule has 2 aromatic heterocycles. The highest BCUT2D eigenvalue weighted by atomic mass is 16.5. The molecule has 6 heterocycles. The van der Waals surface area contributed by atoms with E-state index in [2.05, 4.69) is 87.3 Å². The molecule has 0 radical (unpaired) electrons. The number of carbonyl (C=O) groups is 4. The minimum absolute atomic E-state index is 0.0312. The molecule has 4 fully saturated rings. The van der Waals surface area contributed by atoms with E-state index in [0.29, 0.717) is 65.2 Å². The molecule has 10 rings (SSSR count). The van der Waals surface area contributed by atoms with E-state index in [-0.39, 0.29) is 35.7 Å². The molecule has 344 valence electrons. The van der Waals surface area contributed by atoms with E-state index >= 15 is 0 Å². The SMILES string of the molecule is COC(=O)N[C@H](C(=O)N1CCC[C@H]1c1ncc(-c2ccc3cc(-c4ccc5c(ccc6[nH]c([C@@H]7CCCN7C(=O)[C@@H](NC(=O)OC)C7CCOCC7)nc65)c4)ccc3c2)[nH]1)C1CCOCC1. The van der Waals surface area contributed by atoms with Crippen molar-refractivity contribution in [3.8, 4) is 22.4 Å². The molecule has 4 N–H and O–H groups in total. The smallest absolute Gasteiger partial charge is 0.407 e. The van der Waals surface area contributed by atoms with Gasteiger partial charge in [0.25, 0.3) is 0 Å². The summed E-state index contributed by atoms with van der Waals surface area (Å²) in [6, 6.07) is 21.6. The van der Waals surface area contributed by atoms with Crippen LogP contribution in [0.1, 0.15) is 75.1 Å². The molecule has 16 heteroatoms. The predicted molar refractivity (Wildman–Crippen MR) is 247 cm³/mol. The number of likely N-dealkylation sites (tertiary alicyclic amines) is 2. The summed E-state index contributed by atoms with van der Waals surface area (Å²) in [5.74, 6) is 1.19. The molecular formula is C50H56N8O8. The van der Waals surface area contributed by atoms with Crippen LogP contribution in [0.15, 0.2) is 72.9 Å². The van der Waals surface area contributed by atoms with Crippen molar-refractivity contribution in [2.24, 2.45) is 11.8 Å². The Morgan fingerprint density at radius 3 is 1.74 bits per heavy atom. The maximum atomic E-state index is 14.1. The van der Waals surface area contributed by atoms with Crippen LogP contribution in [0.25, 0.3) is 55.0 Å². The Bertz CT molecular complexity index is 2780. The van der Waals surface area contributed by atoms with E-state index in [1.807, 2.05) is 16.0 Å². The Kier molecular flexibility index (Phi) is 12.3. The minimum atomic E-state index is -0.693. The van der Waals surface area contributed by atoms with Crippen molar-refractivity contribution in [3.05, 3.63) is 84.6 Å². The zero-order valence-corrected chi connectivity index (χ0v) is 37.3. The second-order valence-electron chi connectivity index (χ2n) is 18.0. The lowest BCUT2D eigenvalue weighted by Gasteiger charge is -2.34. The molecule has 0 bridgehead atoms. The van der Waals surface area contributed by atoms with E-state index in [1.165, 1.54) is 14.2 Å². The second-order valence-corrected chi connectivity index (χ2v) is 18.0. The highest BCUT2D eigenvalue weighted by Crippen LogP contribution is 2.38.